The first-order chi connectivity index (χ1) is 7.66. The van der Waals surface area contributed by atoms with Crippen LogP contribution in [-0.4, -0.2) is 23.8 Å². The molecule has 0 N–H and O–H groups in total. The van der Waals surface area contributed by atoms with Crippen LogP contribution in [0.2, 0.25) is 0 Å². The Morgan fingerprint density at radius 2 is 2.06 bits per heavy atom. The van der Waals surface area contributed by atoms with Crippen molar-refractivity contribution in [3.8, 4) is 0 Å². The van der Waals surface area contributed by atoms with Crippen molar-refractivity contribution in [2.45, 2.75) is 31.8 Å². The predicted octanol–water partition coefficient (Wildman–Crippen LogP) is 2.38. The molecule has 1 aromatic carbocycles. The van der Waals surface area contributed by atoms with E-state index in [0.29, 0.717) is 18.7 Å². The van der Waals surface area contributed by atoms with E-state index in [2.05, 4.69) is 4.90 Å². The highest BCUT2D eigenvalue weighted by Crippen LogP contribution is 2.20. The van der Waals surface area contributed by atoms with Crippen LogP contribution in [0.15, 0.2) is 24.3 Å². The second-order valence-corrected chi connectivity index (χ2v) is 4.42. The molecule has 0 aliphatic heterocycles. The zero-order chi connectivity index (χ0) is 11.5. The highest BCUT2D eigenvalue weighted by molar-refractivity contribution is 5.85. The number of hydrogen-bond donors (Lipinski definition) is 0. The Bertz CT molecular complexity index is 374. The molecule has 0 saturated heterocycles. The SMILES string of the molecule is CN(Cc1ccc(F)cc1)C1CCCC1=O. The summed E-state index contributed by atoms with van der Waals surface area (Å²) in [5.41, 5.74) is 1.05. The molecule has 0 spiro atoms. The number of nitrogens with zero attached hydrogens (tertiary/aromatic N) is 1. The maximum Gasteiger partial charge on any atom is 0.149 e. The molecule has 0 amide bonds. The van der Waals surface area contributed by atoms with Crippen LogP contribution in [0.25, 0.3) is 0 Å². The molecule has 2 rings (SSSR count). The zero-order valence-electron chi connectivity index (χ0n) is 9.45. The maximum absolute atomic E-state index is 12.7. The molecule has 1 aliphatic rings. The van der Waals surface area contributed by atoms with Gasteiger partial charge in [0.1, 0.15) is 11.6 Å². The summed E-state index contributed by atoms with van der Waals surface area (Å²) in [6, 6.07) is 6.51. The first kappa shape index (κ1) is 11.3. The third kappa shape index (κ3) is 2.47. The van der Waals surface area contributed by atoms with Crippen LogP contribution >= 0.6 is 0 Å². The van der Waals surface area contributed by atoms with Gasteiger partial charge in [-0.1, -0.05) is 12.1 Å². The number of carbonyl (C=O) groups is 1. The van der Waals surface area contributed by atoms with Crippen LogP contribution in [0, 0.1) is 5.82 Å². The number of carbonyl (C=O) groups excluding carboxylic acids is 1. The molecule has 16 heavy (non-hydrogen) atoms. The van der Waals surface area contributed by atoms with Crippen LogP contribution in [0.4, 0.5) is 4.39 Å². The monoisotopic (exact) mass is 221 g/mol. The van der Waals surface area contributed by atoms with Crippen molar-refractivity contribution < 1.29 is 9.18 Å². The number of benzene rings is 1. The van der Waals surface area contributed by atoms with Gasteiger partial charge in [-0.15, -0.1) is 0 Å². The van der Waals surface area contributed by atoms with E-state index in [1.165, 1.54) is 12.1 Å². The fraction of sp³-hybridized carbons (Fsp3) is 0.462. The van der Waals surface area contributed by atoms with Gasteiger partial charge in [0.15, 0.2) is 0 Å². The van der Waals surface area contributed by atoms with Gasteiger partial charge in [0.2, 0.25) is 0 Å². The summed E-state index contributed by atoms with van der Waals surface area (Å²) in [7, 11) is 1.96. The first-order valence-corrected chi connectivity index (χ1v) is 5.64. The van der Waals surface area contributed by atoms with Crippen LogP contribution in [0.3, 0.4) is 0 Å². The number of ketones is 1. The Morgan fingerprint density at radius 3 is 2.62 bits per heavy atom. The molecule has 0 aromatic heterocycles. The van der Waals surface area contributed by atoms with E-state index >= 15 is 0 Å². The van der Waals surface area contributed by atoms with Crippen LogP contribution in [0.5, 0.6) is 0 Å². The lowest BCUT2D eigenvalue weighted by Crippen LogP contribution is -2.34. The lowest BCUT2D eigenvalue weighted by atomic mass is 10.1. The van der Waals surface area contributed by atoms with E-state index < -0.39 is 0 Å². The van der Waals surface area contributed by atoms with Gasteiger partial charge in [-0.25, -0.2) is 4.39 Å². The van der Waals surface area contributed by atoms with Gasteiger partial charge in [0, 0.05) is 13.0 Å². The summed E-state index contributed by atoms with van der Waals surface area (Å²) in [4.78, 5) is 13.6. The minimum absolute atomic E-state index is 0.0602. The number of halogens is 1. The van der Waals surface area contributed by atoms with Crippen molar-refractivity contribution in [2.24, 2.45) is 0 Å². The fourth-order valence-corrected chi connectivity index (χ4v) is 2.25. The average Bonchev–Trinajstić information content (AvgIpc) is 2.68. The van der Waals surface area contributed by atoms with Crippen molar-refractivity contribution in [1.82, 2.24) is 4.90 Å². The Kier molecular flexibility index (Phi) is 3.34. The zero-order valence-corrected chi connectivity index (χ0v) is 9.45. The first-order valence-electron chi connectivity index (χ1n) is 5.64. The fourth-order valence-electron chi connectivity index (χ4n) is 2.25. The van der Waals surface area contributed by atoms with E-state index in [4.69, 9.17) is 0 Å². The highest BCUT2D eigenvalue weighted by Gasteiger charge is 2.27. The summed E-state index contributed by atoms with van der Waals surface area (Å²) < 4.78 is 12.7. The number of Topliss-reactive ketones (excluding diaryl/α,β-unsaturated/α-hetero) is 1. The molecule has 1 unspecified atom stereocenters. The van der Waals surface area contributed by atoms with Gasteiger partial charge in [0.25, 0.3) is 0 Å². The minimum atomic E-state index is -0.219. The summed E-state index contributed by atoms with van der Waals surface area (Å²) >= 11 is 0. The van der Waals surface area contributed by atoms with Crippen LogP contribution in [-0.2, 0) is 11.3 Å². The van der Waals surface area contributed by atoms with Gasteiger partial charge in [-0.05, 0) is 37.6 Å². The molecular weight excluding hydrogens is 205 g/mol. The van der Waals surface area contributed by atoms with Crippen LogP contribution < -0.4 is 0 Å². The van der Waals surface area contributed by atoms with Gasteiger partial charge in [-0.2, -0.15) is 0 Å². The average molecular weight is 221 g/mol. The molecule has 0 bridgehead atoms. The second kappa shape index (κ2) is 4.74. The van der Waals surface area contributed by atoms with Crippen LogP contribution in [0.1, 0.15) is 24.8 Å². The smallest absolute Gasteiger partial charge is 0.149 e. The molecule has 1 fully saturated rings. The van der Waals surface area contributed by atoms with Crippen molar-refractivity contribution in [3.05, 3.63) is 35.6 Å². The Labute approximate surface area is 95.1 Å². The molecule has 1 atom stereocenters. The molecule has 1 aromatic rings. The van der Waals surface area contributed by atoms with Crippen molar-refractivity contribution in [3.63, 3.8) is 0 Å². The molecule has 3 heteroatoms. The quantitative estimate of drug-likeness (QED) is 0.781. The number of hydrogen-bond acceptors (Lipinski definition) is 2. The van der Waals surface area contributed by atoms with Gasteiger partial charge in [0.05, 0.1) is 6.04 Å². The van der Waals surface area contributed by atoms with E-state index in [0.717, 1.165) is 18.4 Å². The summed E-state index contributed by atoms with van der Waals surface area (Å²) in [5, 5.41) is 0. The van der Waals surface area contributed by atoms with Crippen molar-refractivity contribution in [1.29, 1.82) is 0 Å². The number of rotatable bonds is 3. The van der Waals surface area contributed by atoms with E-state index in [9.17, 15) is 9.18 Å². The number of likely N-dealkylation sites (N-methyl/N-ethyl adjacent to an activating group) is 1. The topological polar surface area (TPSA) is 20.3 Å². The summed E-state index contributed by atoms with van der Waals surface area (Å²) in [6.07, 6.45) is 2.66. The molecular formula is C13H16FNO. The summed E-state index contributed by atoms with van der Waals surface area (Å²) in [6.45, 7) is 0.705. The third-order valence-electron chi connectivity index (χ3n) is 3.15. The van der Waals surface area contributed by atoms with Gasteiger partial charge < -0.3 is 0 Å². The lowest BCUT2D eigenvalue weighted by molar-refractivity contribution is -0.121. The Balaban J connectivity index is 1.98. The van der Waals surface area contributed by atoms with Crippen molar-refractivity contribution in [2.75, 3.05) is 7.05 Å². The predicted molar refractivity (Wildman–Crippen MR) is 60.5 cm³/mol. The lowest BCUT2D eigenvalue weighted by Gasteiger charge is -2.22. The minimum Gasteiger partial charge on any atom is -0.298 e. The molecule has 0 radical (unpaired) electrons. The van der Waals surface area contributed by atoms with Crippen molar-refractivity contribution >= 4 is 5.78 Å². The molecule has 86 valence electrons. The summed E-state index contributed by atoms with van der Waals surface area (Å²) in [5.74, 6) is 0.118. The van der Waals surface area contributed by atoms with E-state index in [-0.39, 0.29) is 11.9 Å². The maximum atomic E-state index is 12.7. The Hall–Kier alpha value is -1.22. The van der Waals surface area contributed by atoms with Gasteiger partial charge >= 0.3 is 0 Å². The second-order valence-electron chi connectivity index (χ2n) is 4.42. The molecule has 2 nitrogen and oxygen atoms in total. The standard InChI is InChI=1S/C13H16FNO/c1-15(12-3-2-4-13(12)16)9-10-5-7-11(14)8-6-10/h5-8,12H,2-4,9H2,1H3. The van der Waals surface area contributed by atoms with Gasteiger partial charge in [-0.3, -0.25) is 9.69 Å². The largest absolute Gasteiger partial charge is 0.298 e. The molecule has 0 heterocycles. The Morgan fingerprint density at radius 1 is 1.38 bits per heavy atom. The third-order valence-corrected chi connectivity index (χ3v) is 3.15. The molecule has 1 saturated carbocycles. The molecule has 1 aliphatic carbocycles. The van der Waals surface area contributed by atoms with E-state index in [1.54, 1.807) is 12.1 Å². The highest BCUT2D eigenvalue weighted by atomic mass is 19.1. The van der Waals surface area contributed by atoms with E-state index in [1.807, 2.05) is 7.05 Å². The normalized spacial score (nSPS) is 20.7.